The number of hydrogen-bond acceptors (Lipinski definition) is 8. The van der Waals surface area contributed by atoms with E-state index >= 15 is 0 Å². The van der Waals surface area contributed by atoms with Crippen LogP contribution in [0, 0.1) is 0 Å². The molecule has 208 valence electrons. The summed E-state index contributed by atoms with van der Waals surface area (Å²) in [6.45, 7) is 0.207. The molecule has 4 rings (SSSR count). The van der Waals surface area contributed by atoms with Crippen molar-refractivity contribution in [3.8, 4) is 11.4 Å². The number of amides is 1. The van der Waals surface area contributed by atoms with E-state index in [1.165, 1.54) is 6.20 Å². The summed E-state index contributed by atoms with van der Waals surface area (Å²) >= 11 is 0. The van der Waals surface area contributed by atoms with E-state index in [4.69, 9.17) is 15.2 Å². The molecule has 40 heavy (non-hydrogen) atoms. The molecule has 0 saturated carbocycles. The standard InChI is InChI=1S/C29H32N6O5/c1-34-18-10-15-25(34)24-19-32-35(33-24)28(38)31-17-9-8-16-29(30,26(36)39-20-22-11-4-2-5-12-22)27(37)40-21-23-13-6-3-7-14-23/h2-7,10-15,18-19H,8-9,16-17,20-21,30H2,1H3,(H,31,38). The predicted molar refractivity (Wildman–Crippen MR) is 146 cm³/mol. The Morgan fingerprint density at radius 3 is 2.02 bits per heavy atom. The third-order valence-corrected chi connectivity index (χ3v) is 6.31. The SMILES string of the molecule is Cn1cccc1-c1cnn(C(=O)NCCCCC(N)(C(=O)OCc2ccccc2)C(=O)OCc2ccccc2)n1. The third-order valence-electron chi connectivity index (χ3n) is 6.31. The van der Waals surface area contributed by atoms with E-state index in [0.717, 1.165) is 21.6 Å². The van der Waals surface area contributed by atoms with Crippen molar-refractivity contribution >= 4 is 18.0 Å². The summed E-state index contributed by atoms with van der Waals surface area (Å²) in [6.07, 6.45) is 4.15. The van der Waals surface area contributed by atoms with E-state index < -0.39 is 23.5 Å². The van der Waals surface area contributed by atoms with Gasteiger partial charge in [0.15, 0.2) is 0 Å². The van der Waals surface area contributed by atoms with Gasteiger partial charge in [0.25, 0.3) is 0 Å². The first kappa shape index (κ1) is 28.2. The van der Waals surface area contributed by atoms with Gasteiger partial charge in [-0.25, -0.2) is 14.4 Å². The molecule has 0 unspecified atom stereocenters. The Morgan fingerprint density at radius 2 is 1.48 bits per heavy atom. The fourth-order valence-electron chi connectivity index (χ4n) is 3.99. The second-order valence-electron chi connectivity index (χ2n) is 9.31. The topological polar surface area (TPSA) is 143 Å². The van der Waals surface area contributed by atoms with Crippen LogP contribution in [0.2, 0.25) is 0 Å². The molecule has 0 atom stereocenters. The summed E-state index contributed by atoms with van der Waals surface area (Å²) < 4.78 is 12.7. The van der Waals surface area contributed by atoms with Gasteiger partial charge >= 0.3 is 18.0 Å². The zero-order chi connectivity index (χ0) is 28.4. The highest BCUT2D eigenvalue weighted by Crippen LogP contribution is 2.19. The molecule has 0 aliphatic rings. The number of nitrogens with zero attached hydrogens (tertiary/aromatic N) is 4. The normalized spacial score (nSPS) is 11.2. The fraction of sp³-hybridized carbons (Fsp3) is 0.276. The lowest BCUT2D eigenvalue weighted by Crippen LogP contribution is -2.56. The molecular formula is C29H32N6O5. The quantitative estimate of drug-likeness (QED) is 0.157. The second kappa shape index (κ2) is 13.3. The van der Waals surface area contributed by atoms with Crippen molar-refractivity contribution in [3.63, 3.8) is 0 Å². The Kier molecular flexibility index (Phi) is 9.42. The lowest BCUT2D eigenvalue weighted by atomic mass is 9.93. The highest BCUT2D eigenvalue weighted by molar-refractivity contribution is 6.04. The number of ether oxygens (including phenoxy) is 2. The third kappa shape index (κ3) is 7.20. The van der Waals surface area contributed by atoms with Gasteiger partial charge in [-0.05, 0) is 42.5 Å². The minimum atomic E-state index is -2.00. The Morgan fingerprint density at radius 1 is 0.875 bits per heavy atom. The average molecular weight is 545 g/mol. The first-order valence-corrected chi connectivity index (χ1v) is 12.9. The van der Waals surface area contributed by atoms with Crippen molar-refractivity contribution in [2.75, 3.05) is 6.54 Å². The van der Waals surface area contributed by atoms with Crippen molar-refractivity contribution in [3.05, 3.63) is 96.3 Å². The van der Waals surface area contributed by atoms with Crippen LogP contribution < -0.4 is 11.1 Å². The summed E-state index contributed by atoms with van der Waals surface area (Å²) in [7, 11) is 1.88. The highest BCUT2D eigenvalue weighted by Gasteiger charge is 2.45. The van der Waals surface area contributed by atoms with Crippen LogP contribution in [0.3, 0.4) is 0 Å². The van der Waals surface area contributed by atoms with Gasteiger partial charge in [-0.2, -0.15) is 5.10 Å². The lowest BCUT2D eigenvalue weighted by molar-refractivity contribution is -0.166. The maximum absolute atomic E-state index is 13.0. The number of carbonyl (C=O) groups is 3. The van der Waals surface area contributed by atoms with Gasteiger partial charge < -0.3 is 25.1 Å². The van der Waals surface area contributed by atoms with Crippen LogP contribution >= 0.6 is 0 Å². The molecule has 11 heteroatoms. The summed E-state index contributed by atoms with van der Waals surface area (Å²) in [4.78, 5) is 39.5. The van der Waals surface area contributed by atoms with Crippen molar-refractivity contribution in [2.24, 2.45) is 12.8 Å². The number of benzene rings is 2. The Bertz CT molecular complexity index is 1360. The molecule has 0 saturated heterocycles. The zero-order valence-corrected chi connectivity index (χ0v) is 22.2. The van der Waals surface area contributed by atoms with Crippen molar-refractivity contribution in [1.82, 2.24) is 24.9 Å². The molecule has 0 fully saturated rings. The van der Waals surface area contributed by atoms with Gasteiger partial charge in [0.1, 0.15) is 18.9 Å². The number of unbranched alkanes of at least 4 members (excludes halogenated alkanes) is 1. The minimum Gasteiger partial charge on any atom is -0.459 e. The molecule has 0 aliphatic carbocycles. The summed E-state index contributed by atoms with van der Waals surface area (Å²) in [5.41, 5.74) is 7.27. The molecule has 0 aliphatic heterocycles. The molecule has 11 nitrogen and oxygen atoms in total. The predicted octanol–water partition coefficient (Wildman–Crippen LogP) is 3.20. The number of carbonyl (C=O) groups excluding carboxylic acids is 3. The molecule has 2 aromatic heterocycles. The summed E-state index contributed by atoms with van der Waals surface area (Å²) in [5, 5.41) is 11.0. The Labute approximate surface area is 231 Å². The molecule has 4 aromatic rings. The van der Waals surface area contributed by atoms with Gasteiger partial charge in [0.05, 0.1) is 11.9 Å². The molecule has 2 heterocycles. The largest absolute Gasteiger partial charge is 0.459 e. The van der Waals surface area contributed by atoms with E-state index in [0.29, 0.717) is 18.5 Å². The van der Waals surface area contributed by atoms with Crippen molar-refractivity contribution < 1.29 is 23.9 Å². The van der Waals surface area contributed by atoms with Gasteiger partial charge in [-0.15, -0.1) is 5.10 Å². The summed E-state index contributed by atoms with van der Waals surface area (Å²) in [5.74, 6) is -1.74. The average Bonchev–Trinajstić information content (AvgIpc) is 3.64. The number of esters is 2. The molecule has 0 bridgehead atoms. The van der Waals surface area contributed by atoms with Crippen LogP contribution in [0.25, 0.3) is 11.4 Å². The number of aryl methyl sites for hydroxylation is 1. The first-order chi connectivity index (χ1) is 19.4. The lowest BCUT2D eigenvalue weighted by Gasteiger charge is -2.25. The van der Waals surface area contributed by atoms with Crippen LogP contribution in [-0.4, -0.2) is 49.6 Å². The fourth-order valence-corrected chi connectivity index (χ4v) is 3.99. The number of hydrogen-bond donors (Lipinski definition) is 2. The van der Waals surface area contributed by atoms with Crippen LogP contribution in [0.4, 0.5) is 4.79 Å². The monoisotopic (exact) mass is 544 g/mol. The second-order valence-corrected chi connectivity index (χ2v) is 9.31. The van der Waals surface area contributed by atoms with Gasteiger partial charge in [0, 0.05) is 19.8 Å². The number of aromatic nitrogens is 4. The molecular weight excluding hydrogens is 512 g/mol. The number of rotatable bonds is 12. The van der Waals surface area contributed by atoms with E-state index in [2.05, 4.69) is 15.5 Å². The summed E-state index contributed by atoms with van der Waals surface area (Å²) in [6, 6.07) is 21.5. The number of nitrogens with one attached hydrogen (secondary N) is 1. The molecule has 3 N–H and O–H groups in total. The van der Waals surface area contributed by atoms with E-state index in [1.807, 2.05) is 66.3 Å². The number of nitrogens with two attached hydrogens (primary N) is 1. The maximum Gasteiger partial charge on any atom is 0.359 e. The molecule has 2 aromatic carbocycles. The smallest absolute Gasteiger partial charge is 0.359 e. The molecule has 0 radical (unpaired) electrons. The highest BCUT2D eigenvalue weighted by atomic mass is 16.6. The van der Waals surface area contributed by atoms with E-state index in [-0.39, 0.29) is 26.2 Å². The maximum atomic E-state index is 13.0. The van der Waals surface area contributed by atoms with Gasteiger partial charge in [-0.1, -0.05) is 65.5 Å². The first-order valence-electron chi connectivity index (χ1n) is 12.9. The van der Waals surface area contributed by atoms with Gasteiger partial charge in [-0.3, -0.25) is 0 Å². The van der Waals surface area contributed by atoms with Crippen LogP contribution in [0.15, 0.2) is 85.2 Å². The molecule has 0 spiro atoms. The van der Waals surface area contributed by atoms with Gasteiger partial charge in [0.2, 0.25) is 5.54 Å². The van der Waals surface area contributed by atoms with Crippen LogP contribution in [-0.2, 0) is 39.3 Å². The Hall–Kier alpha value is -4.77. The van der Waals surface area contributed by atoms with Crippen LogP contribution in [0.1, 0.15) is 30.4 Å². The zero-order valence-electron chi connectivity index (χ0n) is 22.2. The minimum absolute atomic E-state index is 0.0255. The van der Waals surface area contributed by atoms with Crippen molar-refractivity contribution in [2.45, 2.75) is 38.0 Å². The van der Waals surface area contributed by atoms with E-state index in [9.17, 15) is 14.4 Å². The van der Waals surface area contributed by atoms with Crippen molar-refractivity contribution in [1.29, 1.82) is 0 Å². The molecule has 1 amide bonds. The van der Waals surface area contributed by atoms with Crippen LogP contribution in [0.5, 0.6) is 0 Å². The Balaban J connectivity index is 1.31. The van der Waals surface area contributed by atoms with E-state index in [1.54, 1.807) is 24.3 Å².